The molecular weight excluding hydrogens is 256 g/mol. The predicted octanol–water partition coefficient (Wildman–Crippen LogP) is -1.43. The second-order valence-electron chi connectivity index (χ2n) is 3.87. The summed E-state index contributed by atoms with van der Waals surface area (Å²) < 4.78 is 1.46. The molecule has 3 N–H and O–H groups in total. The maximum atomic E-state index is 11.8. The Balaban J connectivity index is 2.07. The molecule has 8 heteroatoms. The largest absolute Gasteiger partial charge is 0.368 e. The van der Waals surface area contributed by atoms with Crippen molar-refractivity contribution in [3.05, 3.63) is 22.6 Å². The topological polar surface area (TPSA) is 107 Å². The lowest BCUT2D eigenvalue weighted by Crippen LogP contribution is -2.42. The number of nitrogens with two attached hydrogens (primary N) is 1. The van der Waals surface area contributed by atoms with Crippen LogP contribution in [0.3, 0.4) is 0 Å². The molecule has 0 bridgehead atoms. The van der Waals surface area contributed by atoms with Crippen LogP contribution in [0.2, 0.25) is 0 Å². The summed E-state index contributed by atoms with van der Waals surface area (Å²) in [7, 11) is 0. The minimum absolute atomic E-state index is 0.181. The van der Waals surface area contributed by atoms with Gasteiger partial charge in [-0.2, -0.15) is 0 Å². The van der Waals surface area contributed by atoms with Crippen molar-refractivity contribution in [1.29, 1.82) is 0 Å². The number of fused-ring (bicyclic) bond motifs is 1. The number of aromatic nitrogens is 2. The zero-order valence-electron chi connectivity index (χ0n) is 9.46. The van der Waals surface area contributed by atoms with Crippen molar-refractivity contribution in [3.63, 3.8) is 0 Å². The standard InChI is InChI=1S/C10H12N4O3S/c11-7(15)3-13-9(17)6-4-14-8(16)1-2-12-10(14)18-5-6/h1-2,6H,3-5H2,(H2,11,15)(H,13,17). The maximum Gasteiger partial charge on any atom is 0.254 e. The number of amides is 2. The molecule has 0 saturated heterocycles. The Hall–Kier alpha value is -1.83. The normalized spacial score (nSPS) is 17.9. The Morgan fingerprint density at radius 3 is 3.11 bits per heavy atom. The first-order valence-corrected chi connectivity index (χ1v) is 6.31. The second-order valence-corrected chi connectivity index (χ2v) is 4.86. The molecular formula is C10H12N4O3S. The Kier molecular flexibility index (Phi) is 3.66. The molecule has 1 aliphatic heterocycles. The van der Waals surface area contributed by atoms with Gasteiger partial charge in [-0.25, -0.2) is 4.98 Å². The molecule has 0 fully saturated rings. The lowest BCUT2D eigenvalue weighted by molar-refractivity contribution is -0.127. The van der Waals surface area contributed by atoms with Crippen LogP contribution in [0.25, 0.3) is 0 Å². The van der Waals surface area contributed by atoms with Crippen molar-refractivity contribution in [3.8, 4) is 0 Å². The zero-order valence-corrected chi connectivity index (χ0v) is 10.3. The summed E-state index contributed by atoms with van der Waals surface area (Å²) in [6, 6.07) is 1.35. The highest BCUT2D eigenvalue weighted by Crippen LogP contribution is 2.24. The Morgan fingerprint density at radius 2 is 2.39 bits per heavy atom. The van der Waals surface area contributed by atoms with E-state index in [4.69, 9.17) is 5.73 Å². The van der Waals surface area contributed by atoms with Crippen molar-refractivity contribution in [2.45, 2.75) is 11.7 Å². The number of thioether (sulfide) groups is 1. The van der Waals surface area contributed by atoms with Gasteiger partial charge in [0, 0.05) is 24.6 Å². The van der Waals surface area contributed by atoms with Gasteiger partial charge in [-0.05, 0) is 0 Å². The fourth-order valence-corrected chi connectivity index (χ4v) is 2.69. The number of rotatable bonds is 3. The van der Waals surface area contributed by atoms with Gasteiger partial charge in [0.2, 0.25) is 11.8 Å². The van der Waals surface area contributed by atoms with Gasteiger partial charge in [0.1, 0.15) is 0 Å². The van der Waals surface area contributed by atoms with E-state index in [2.05, 4.69) is 10.3 Å². The van der Waals surface area contributed by atoms with Gasteiger partial charge in [-0.1, -0.05) is 11.8 Å². The van der Waals surface area contributed by atoms with Gasteiger partial charge in [-0.15, -0.1) is 0 Å². The number of primary amides is 1. The van der Waals surface area contributed by atoms with Gasteiger partial charge in [-0.3, -0.25) is 19.0 Å². The van der Waals surface area contributed by atoms with Crippen LogP contribution in [0, 0.1) is 5.92 Å². The van der Waals surface area contributed by atoms with E-state index in [-0.39, 0.29) is 30.5 Å². The third kappa shape index (κ3) is 2.70. The zero-order chi connectivity index (χ0) is 13.1. The SMILES string of the molecule is NC(=O)CNC(=O)C1CSc2nccc(=O)n2C1. The molecule has 0 aromatic carbocycles. The van der Waals surface area contributed by atoms with E-state index in [1.54, 1.807) is 0 Å². The highest BCUT2D eigenvalue weighted by atomic mass is 32.2. The number of nitrogens with zero attached hydrogens (tertiary/aromatic N) is 2. The van der Waals surface area contributed by atoms with Gasteiger partial charge >= 0.3 is 0 Å². The minimum atomic E-state index is -0.592. The molecule has 96 valence electrons. The van der Waals surface area contributed by atoms with E-state index >= 15 is 0 Å². The van der Waals surface area contributed by atoms with Crippen LogP contribution < -0.4 is 16.6 Å². The Labute approximate surface area is 107 Å². The van der Waals surface area contributed by atoms with Crippen LogP contribution in [-0.2, 0) is 16.1 Å². The van der Waals surface area contributed by atoms with Crippen molar-refractivity contribution < 1.29 is 9.59 Å². The van der Waals surface area contributed by atoms with Crippen LogP contribution >= 0.6 is 11.8 Å². The van der Waals surface area contributed by atoms with E-state index < -0.39 is 5.91 Å². The van der Waals surface area contributed by atoms with Crippen molar-refractivity contribution in [1.82, 2.24) is 14.9 Å². The molecule has 2 heterocycles. The molecule has 1 unspecified atom stereocenters. The molecule has 0 saturated carbocycles. The van der Waals surface area contributed by atoms with Crippen LogP contribution in [0.15, 0.2) is 22.2 Å². The van der Waals surface area contributed by atoms with E-state index in [1.165, 1.54) is 28.6 Å². The fourth-order valence-electron chi connectivity index (χ4n) is 1.63. The number of carbonyl (C=O) groups excluding carboxylic acids is 2. The summed E-state index contributed by atoms with van der Waals surface area (Å²) in [5.74, 6) is -0.696. The number of hydrogen-bond donors (Lipinski definition) is 2. The summed E-state index contributed by atoms with van der Waals surface area (Å²) >= 11 is 1.35. The average molecular weight is 268 g/mol. The molecule has 18 heavy (non-hydrogen) atoms. The minimum Gasteiger partial charge on any atom is -0.368 e. The predicted molar refractivity (Wildman–Crippen MR) is 64.9 cm³/mol. The van der Waals surface area contributed by atoms with E-state index in [0.29, 0.717) is 10.9 Å². The molecule has 2 rings (SSSR count). The first-order valence-electron chi connectivity index (χ1n) is 5.32. The highest BCUT2D eigenvalue weighted by Gasteiger charge is 2.26. The quantitative estimate of drug-likeness (QED) is 0.653. The fraction of sp³-hybridized carbons (Fsp3) is 0.400. The molecule has 2 amide bonds. The Morgan fingerprint density at radius 1 is 1.61 bits per heavy atom. The summed E-state index contributed by atoms with van der Waals surface area (Å²) in [6.45, 7) is 0.0917. The van der Waals surface area contributed by atoms with Crippen LogP contribution in [0.1, 0.15) is 0 Å². The molecule has 1 atom stereocenters. The van der Waals surface area contributed by atoms with Crippen molar-refractivity contribution in [2.24, 2.45) is 11.7 Å². The number of nitrogens with one attached hydrogen (secondary N) is 1. The van der Waals surface area contributed by atoms with E-state index in [9.17, 15) is 14.4 Å². The molecule has 0 spiro atoms. The lowest BCUT2D eigenvalue weighted by atomic mass is 10.1. The monoisotopic (exact) mass is 268 g/mol. The second kappa shape index (κ2) is 5.21. The Bertz CT molecular complexity index is 542. The number of carbonyl (C=O) groups is 2. The smallest absolute Gasteiger partial charge is 0.254 e. The lowest BCUT2D eigenvalue weighted by Gasteiger charge is -2.23. The molecule has 7 nitrogen and oxygen atoms in total. The first-order chi connectivity index (χ1) is 8.58. The maximum absolute atomic E-state index is 11.8. The third-order valence-electron chi connectivity index (χ3n) is 2.52. The molecule has 0 aliphatic carbocycles. The summed E-state index contributed by atoms with van der Waals surface area (Å²) in [5, 5.41) is 3.05. The third-order valence-corrected chi connectivity index (χ3v) is 3.68. The van der Waals surface area contributed by atoms with E-state index in [0.717, 1.165) is 0 Å². The van der Waals surface area contributed by atoms with Crippen LogP contribution in [0.5, 0.6) is 0 Å². The van der Waals surface area contributed by atoms with Gasteiger partial charge in [0.15, 0.2) is 5.16 Å². The average Bonchev–Trinajstić information content (AvgIpc) is 2.36. The van der Waals surface area contributed by atoms with Crippen LogP contribution in [-0.4, -0.2) is 33.7 Å². The van der Waals surface area contributed by atoms with Crippen molar-refractivity contribution >= 4 is 23.6 Å². The van der Waals surface area contributed by atoms with Gasteiger partial charge < -0.3 is 11.1 Å². The molecule has 1 aromatic heterocycles. The summed E-state index contributed by atoms with van der Waals surface area (Å²) in [4.78, 5) is 38.0. The van der Waals surface area contributed by atoms with Gasteiger partial charge in [0.05, 0.1) is 12.5 Å². The first kappa shape index (κ1) is 12.6. The van der Waals surface area contributed by atoms with E-state index in [1.807, 2.05) is 0 Å². The molecule has 0 radical (unpaired) electrons. The van der Waals surface area contributed by atoms with Crippen molar-refractivity contribution in [2.75, 3.05) is 12.3 Å². The summed E-state index contributed by atoms with van der Waals surface area (Å²) in [5.41, 5.74) is 4.77. The highest BCUT2D eigenvalue weighted by molar-refractivity contribution is 7.99. The number of hydrogen-bond acceptors (Lipinski definition) is 5. The van der Waals surface area contributed by atoms with Gasteiger partial charge in [0.25, 0.3) is 5.56 Å². The molecule has 1 aromatic rings. The summed E-state index contributed by atoms with van der Waals surface area (Å²) in [6.07, 6.45) is 1.45. The molecule has 1 aliphatic rings. The van der Waals surface area contributed by atoms with Crippen LogP contribution in [0.4, 0.5) is 0 Å².